The first-order valence-electron chi connectivity index (χ1n) is 12.8. The number of esters is 1. The van der Waals surface area contributed by atoms with E-state index in [1.165, 1.54) is 7.11 Å². The minimum Gasteiger partial charge on any atom is -0.507 e. The number of pyridine rings is 1. The number of aromatic amines is 1. The number of aromatic hydroxyl groups is 1. The van der Waals surface area contributed by atoms with Crippen LogP contribution in [0, 0.1) is 0 Å². The number of carbonyl (C=O) groups is 2. The van der Waals surface area contributed by atoms with Crippen LogP contribution in [0.25, 0.3) is 33.3 Å². The van der Waals surface area contributed by atoms with Crippen LogP contribution < -0.4 is 5.32 Å². The predicted molar refractivity (Wildman–Crippen MR) is 152 cm³/mol. The fourth-order valence-corrected chi connectivity index (χ4v) is 4.52. The van der Waals surface area contributed by atoms with E-state index in [2.05, 4.69) is 15.3 Å². The molecular formula is C32H29N3O5. The van der Waals surface area contributed by atoms with E-state index < -0.39 is 12.0 Å². The number of phenols is 1. The van der Waals surface area contributed by atoms with E-state index in [1.807, 2.05) is 84.9 Å². The summed E-state index contributed by atoms with van der Waals surface area (Å²) in [7, 11) is 1.27. The van der Waals surface area contributed by atoms with E-state index >= 15 is 0 Å². The van der Waals surface area contributed by atoms with Gasteiger partial charge in [-0.2, -0.15) is 0 Å². The van der Waals surface area contributed by atoms with Gasteiger partial charge in [0.2, 0.25) is 5.91 Å². The van der Waals surface area contributed by atoms with Crippen LogP contribution in [0.4, 0.5) is 0 Å². The highest BCUT2D eigenvalue weighted by Crippen LogP contribution is 2.38. The number of nitrogens with zero attached hydrogens (tertiary/aromatic N) is 1. The van der Waals surface area contributed by atoms with Gasteiger partial charge in [-0.05, 0) is 34.9 Å². The average Bonchev–Trinajstić information content (AvgIpc) is 3.41. The number of ether oxygens (including phenoxy) is 2. The van der Waals surface area contributed by atoms with Gasteiger partial charge in [-0.25, -0.2) is 4.79 Å². The first-order valence-corrected chi connectivity index (χ1v) is 12.8. The van der Waals surface area contributed by atoms with Crippen LogP contribution in [0.15, 0.2) is 97.3 Å². The number of fused-ring (bicyclic) bond motifs is 1. The molecule has 2 aromatic heterocycles. The quantitative estimate of drug-likeness (QED) is 0.217. The summed E-state index contributed by atoms with van der Waals surface area (Å²) in [6.07, 6.45) is 3.56. The number of rotatable bonds is 10. The molecule has 5 rings (SSSR count). The van der Waals surface area contributed by atoms with E-state index in [4.69, 9.17) is 9.47 Å². The van der Waals surface area contributed by atoms with E-state index in [-0.39, 0.29) is 24.7 Å². The maximum Gasteiger partial charge on any atom is 0.330 e. The van der Waals surface area contributed by atoms with Gasteiger partial charge in [0, 0.05) is 34.4 Å². The molecule has 1 amide bonds. The smallest absolute Gasteiger partial charge is 0.330 e. The molecule has 0 saturated heterocycles. The van der Waals surface area contributed by atoms with Crippen molar-refractivity contribution in [1.82, 2.24) is 15.3 Å². The number of hydrogen-bond donors (Lipinski definition) is 3. The van der Waals surface area contributed by atoms with Gasteiger partial charge >= 0.3 is 5.97 Å². The molecule has 0 spiro atoms. The molecule has 5 aromatic rings. The third-order valence-electron chi connectivity index (χ3n) is 6.59. The number of H-pyrrole nitrogens is 1. The van der Waals surface area contributed by atoms with Crippen molar-refractivity contribution in [3.63, 3.8) is 0 Å². The standard InChI is InChI=1S/C32H29N3O5/c1-39-32(38)29(20-40-19-22-6-3-2-4-7-22)35-30(36)16-21-10-12-23(13-11-21)25-8-5-9-26(31(25)37)28-17-24-18-33-15-14-27(24)34-28/h2-15,17-18,29,34,37H,16,19-20H2,1H3,(H,35,36). The third-order valence-corrected chi connectivity index (χ3v) is 6.59. The predicted octanol–water partition coefficient (Wildman–Crippen LogP) is 5.02. The fraction of sp³-hybridized carbons (Fsp3) is 0.156. The summed E-state index contributed by atoms with van der Waals surface area (Å²) in [6, 6.07) is 25.5. The number of aromatic nitrogens is 2. The van der Waals surface area contributed by atoms with Gasteiger partial charge in [0.25, 0.3) is 0 Å². The van der Waals surface area contributed by atoms with Gasteiger partial charge in [0.05, 0.1) is 32.4 Å². The van der Waals surface area contributed by atoms with Crippen molar-refractivity contribution in [2.45, 2.75) is 19.1 Å². The molecule has 3 N–H and O–H groups in total. The minimum atomic E-state index is -0.916. The second-order valence-electron chi connectivity index (χ2n) is 9.37. The Morgan fingerprint density at radius 3 is 2.48 bits per heavy atom. The molecule has 0 bridgehead atoms. The zero-order chi connectivity index (χ0) is 27.9. The van der Waals surface area contributed by atoms with E-state index in [0.717, 1.165) is 33.3 Å². The van der Waals surface area contributed by atoms with Crippen molar-refractivity contribution in [3.8, 4) is 28.1 Å². The number of para-hydroxylation sites is 1. The lowest BCUT2D eigenvalue weighted by Gasteiger charge is -2.17. The molecule has 3 aromatic carbocycles. The molecule has 1 atom stereocenters. The number of methoxy groups -OCH3 is 1. The molecule has 0 aliphatic rings. The second kappa shape index (κ2) is 12.3. The highest BCUT2D eigenvalue weighted by atomic mass is 16.5. The largest absolute Gasteiger partial charge is 0.507 e. The van der Waals surface area contributed by atoms with Gasteiger partial charge in [-0.15, -0.1) is 0 Å². The molecule has 40 heavy (non-hydrogen) atoms. The third kappa shape index (κ3) is 6.19. The van der Waals surface area contributed by atoms with Crippen molar-refractivity contribution in [3.05, 3.63) is 108 Å². The number of carbonyl (C=O) groups excluding carboxylic acids is 2. The van der Waals surface area contributed by atoms with Crippen molar-refractivity contribution in [2.24, 2.45) is 0 Å². The van der Waals surface area contributed by atoms with Gasteiger partial charge < -0.3 is 24.9 Å². The molecule has 0 saturated carbocycles. The summed E-state index contributed by atoms with van der Waals surface area (Å²) in [5.41, 5.74) is 5.62. The normalized spacial score (nSPS) is 11.7. The Kier molecular flexibility index (Phi) is 8.18. The van der Waals surface area contributed by atoms with E-state index in [0.29, 0.717) is 17.7 Å². The number of phenolic OH excluding ortho intramolecular Hbond substituents is 1. The molecule has 0 radical (unpaired) electrons. The van der Waals surface area contributed by atoms with Gasteiger partial charge in [-0.1, -0.05) is 66.7 Å². The summed E-state index contributed by atoms with van der Waals surface area (Å²) in [4.78, 5) is 32.4. The first kappa shape index (κ1) is 26.6. The minimum absolute atomic E-state index is 0.00521. The number of nitrogens with one attached hydrogen (secondary N) is 2. The molecule has 8 nitrogen and oxygen atoms in total. The maximum absolute atomic E-state index is 12.7. The first-order chi connectivity index (χ1) is 19.5. The zero-order valence-electron chi connectivity index (χ0n) is 22.0. The molecule has 202 valence electrons. The highest BCUT2D eigenvalue weighted by Gasteiger charge is 2.22. The molecule has 0 fully saturated rings. The lowest BCUT2D eigenvalue weighted by atomic mass is 9.98. The van der Waals surface area contributed by atoms with Crippen LogP contribution in [0.1, 0.15) is 11.1 Å². The molecule has 0 aliphatic carbocycles. The van der Waals surface area contributed by atoms with E-state index in [9.17, 15) is 14.7 Å². The monoisotopic (exact) mass is 535 g/mol. The number of amides is 1. The Balaban J connectivity index is 1.24. The van der Waals surface area contributed by atoms with Crippen LogP contribution in [-0.2, 0) is 32.1 Å². The SMILES string of the molecule is COC(=O)C(COCc1ccccc1)NC(=O)Cc1ccc(-c2cccc(-c3cc4cnccc4[nH]3)c2O)cc1. The topological polar surface area (TPSA) is 114 Å². The van der Waals surface area contributed by atoms with Crippen molar-refractivity contribution < 1.29 is 24.2 Å². The highest BCUT2D eigenvalue weighted by molar-refractivity contribution is 5.89. The average molecular weight is 536 g/mol. The lowest BCUT2D eigenvalue weighted by Crippen LogP contribution is -2.45. The Hall–Kier alpha value is -4.95. The Bertz CT molecular complexity index is 1580. The van der Waals surface area contributed by atoms with Crippen LogP contribution >= 0.6 is 0 Å². The van der Waals surface area contributed by atoms with Gasteiger partial charge in [-0.3, -0.25) is 9.78 Å². The van der Waals surface area contributed by atoms with Crippen molar-refractivity contribution >= 4 is 22.8 Å². The van der Waals surface area contributed by atoms with Crippen molar-refractivity contribution in [2.75, 3.05) is 13.7 Å². The molecule has 8 heteroatoms. The summed E-state index contributed by atoms with van der Waals surface area (Å²) < 4.78 is 10.5. The van der Waals surface area contributed by atoms with Crippen LogP contribution in [0.3, 0.4) is 0 Å². The maximum atomic E-state index is 12.7. The summed E-state index contributed by atoms with van der Waals surface area (Å²) in [5, 5.41) is 14.8. The summed E-state index contributed by atoms with van der Waals surface area (Å²) in [5.74, 6) is -0.744. The number of benzene rings is 3. The van der Waals surface area contributed by atoms with E-state index in [1.54, 1.807) is 12.4 Å². The molecule has 0 aliphatic heterocycles. The molecular weight excluding hydrogens is 506 g/mol. The summed E-state index contributed by atoms with van der Waals surface area (Å²) in [6.45, 7) is 0.311. The zero-order valence-corrected chi connectivity index (χ0v) is 22.0. The Morgan fingerprint density at radius 2 is 1.73 bits per heavy atom. The fourth-order valence-electron chi connectivity index (χ4n) is 4.52. The Morgan fingerprint density at radius 1 is 0.950 bits per heavy atom. The summed E-state index contributed by atoms with van der Waals surface area (Å²) >= 11 is 0. The van der Waals surface area contributed by atoms with Crippen LogP contribution in [0.2, 0.25) is 0 Å². The number of hydrogen-bond acceptors (Lipinski definition) is 6. The van der Waals surface area contributed by atoms with Gasteiger partial charge in [0.15, 0.2) is 6.04 Å². The lowest BCUT2D eigenvalue weighted by molar-refractivity contribution is -0.147. The second-order valence-corrected chi connectivity index (χ2v) is 9.37. The van der Waals surface area contributed by atoms with Crippen LogP contribution in [0.5, 0.6) is 5.75 Å². The van der Waals surface area contributed by atoms with Crippen molar-refractivity contribution in [1.29, 1.82) is 0 Å². The van der Waals surface area contributed by atoms with Crippen LogP contribution in [-0.4, -0.2) is 46.7 Å². The van der Waals surface area contributed by atoms with Gasteiger partial charge in [0.1, 0.15) is 5.75 Å². The molecule has 1 unspecified atom stereocenters. The Labute approximate surface area is 231 Å². The molecule has 2 heterocycles.